The van der Waals surface area contributed by atoms with Crippen molar-refractivity contribution in [3.8, 4) is 22.3 Å². The van der Waals surface area contributed by atoms with Gasteiger partial charge in [0.15, 0.2) is 0 Å². The van der Waals surface area contributed by atoms with Gasteiger partial charge in [0.05, 0.1) is 17.4 Å². The Kier molecular flexibility index (Phi) is 4.83. The number of rotatable bonds is 4. The molecule has 32 heavy (non-hydrogen) atoms. The Hall–Kier alpha value is -3.49. The molecule has 0 saturated heterocycles. The molecule has 0 aliphatic rings. The first-order chi connectivity index (χ1) is 15.3. The summed E-state index contributed by atoms with van der Waals surface area (Å²) in [5, 5.41) is 0.995. The maximum Gasteiger partial charge on any atom is 0.137 e. The summed E-state index contributed by atoms with van der Waals surface area (Å²) in [6.07, 6.45) is 5.64. The smallest absolute Gasteiger partial charge is 0.137 e. The van der Waals surface area contributed by atoms with Gasteiger partial charge < -0.3 is 18.8 Å². The summed E-state index contributed by atoms with van der Waals surface area (Å²) in [7, 11) is 0. The average Bonchev–Trinajstić information content (AvgIpc) is 3.36. The zero-order valence-corrected chi connectivity index (χ0v) is 18.7. The molecule has 1 unspecified atom stereocenters. The molecule has 0 saturated carbocycles. The Bertz CT molecular complexity index is 1480. The number of hydrogen-bond acceptors (Lipinski definition) is 4. The molecule has 0 amide bonds. The molecule has 2 N–H and O–H groups in total. The van der Waals surface area contributed by atoms with Crippen LogP contribution in [0, 0.1) is 0 Å². The van der Waals surface area contributed by atoms with Crippen molar-refractivity contribution in [2.75, 3.05) is 4.72 Å². The van der Waals surface area contributed by atoms with E-state index in [1.54, 1.807) is 18.3 Å². The van der Waals surface area contributed by atoms with E-state index in [0.717, 1.165) is 44.3 Å². The number of aromatic nitrogens is 4. The molecular weight excluding hydrogens is 422 g/mol. The summed E-state index contributed by atoms with van der Waals surface area (Å²) in [6.45, 7) is 6.48. The van der Waals surface area contributed by atoms with Crippen LogP contribution in [0.25, 0.3) is 44.3 Å². The van der Waals surface area contributed by atoms with E-state index in [1.165, 1.54) is 0 Å². The Morgan fingerprint density at radius 2 is 1.88 bits per heavy atom. The fourth-order valence-corrected chi connectivity index (χ4v) is 4.29. The first-order valence-corrected chi connectivity index (χ1v) is 11.3. The lowest BCUT2D eigenvalue weighted by atomic mass is 10.0. The highest BCUT2D eigenvalue weighted by Gasteiger charge is 2.17. The topological polar surface area (TPSA) is 98.7 Å². The average molecular weight is 445 g/mol. The molecule has 8 heteroatoms. The number of pyridine rings is 1. The van der Waals surface area contributed by atoms with Crippen molar-refractivity contribution in [3.63, 3.8) is 0 Å². The van der Waals surface area contributed by atoms with Crippen LogP contribution < -0.4 is 4.72 Å². The minimum Gasteiger partial charge on any atom is -0.755 e. The van der Waals surface area contributed by atoms with Crippen LogP contribution in [0.4, 0.5) is 5.69 Å². The standard InChI is InChI=1S/C24H23N5O2S/c1-24(2,3)29-14-27-21-8-7-16(11-22(21)29)20-13-26-23-19(20)10-17(12-25-23)15-5-4-6-18(9-15)28-32(30)31/h4-14,28H,1-3H3,(H,25,26)(H,30,31)/p-1. The minimum absolute atomic E-state index is 0.0743. The number of imidazole rings is 1. The van der Waals surface area contributed by atoms with Crippen LogP contribution in [0.1, 0.15) is 20.8 Å². The first-order valence-electron chi connectivity index (χ1n) is 10.2. The van der Waals surface area contributed by atoms with Gasteiger partial charge in [-0.1, -0.05) is 18.2 Å². The van der Waals surface area contributed by atoms with Gasteiger partial charge in [0.2, 0.25) is 0 Å². The molecule has 162 valence electrons. The Morgan fingerprint density at radius 1 is 1.03 bits per heavy atom. The summed E-state index contributed by atoms with van der Waals surface area (Å²) in [5.74, 6) is 0. The quantitative estimate of drug-likeness (QED) is 0.372. The number of nitrogens with zero attached hydrogens (tertiary/aromatic N) is 3. The zero-order valence-electron chi connectivity index (χ0n) is 17.9. The second kappa shape index (κ2) is 7.58. The van der Waals surface area contributed by atoms with Crippen molar-refractivity contribution < 1.29 is 8.76 Å². The molecule has 0 fully saturated rings. The van der Waals surface area contributed by atoms with Crippen molar-refractivity contribution >= 4 is 39.0 Å². The summed E-state index contributed by atoms with van der Waals surface area (Å²) >= 11 is -2.37. The van der Waals surface area contributed by atoms with E-state index in [1.807, 2.05) is 30.7 Å². The molecule has 3 aromatic heterocycles. The molecule has 5 aromatic rings. The number of fused-ring (bicyclic) bond motifs is 2. The van der Waals surface area contributed by atoms with Crippen LogP contribution in [0.15, 0.2) is 67.3 Å². The molecule has 0 aliphatic carbocycles. The summed E-state index contributed by atoms with van der Waals surface area (Å²) in [4.78, 5) is 12.4. The molecule has 2 aromatic carbocycles. The Balaban J connectivity index is 1.62. The summed E-state index contributed by atoms with van der Waals surface area (Å²) in [5.41, 5.74) is 7.17. The van der Waals surface area contributed by atoms with Gasteiger partial charge in [-0.2, -0.15) is 0 Å². The lowest BCUT2D eigenvalue weighted by Crippen LogP contribution is -2.20. The molecule has 1 atom stereocenters. The van der Waals surface area contributed by atoms with E-state index in [2.05, 4.69) is 63.2 Å². The largest absolute Gasteiger partial charge is 0.755 e. The van der Waals surface area contributed by atoms with Crippen LogP contribution in [0.5, 0.6) is 0 Å². The predicted molar refractivity (Wildman–Crippen MR) is 128 cm³/mol. The van der Waals surface area contributed by atoms with Gasteiger partial charge >= 0.3 is 0 Å². The van der Waals surface area contributed by atoms with Crippen molar-refractivity contribution in [1.82, 2.24) is 19.5 Å². The first kappa shape index (κ1) is 20.4. The van der Waals surface area contributed by atoms with E-state index < -0.39 is 11.3 Å². The predicted octanol–water partition coefficient (Wildman–Crippen LogP) is 5.21. The second-order valence-corrected chi connectivity index (χ2v) is 9.40. The lowest BCUT2D eigenvalue weighted by molar-refractivity contribution is 0.408. The second-order valence-electron chi connectivity index (χ2n) is 8.73. The van der Waals surface area contributed by atoms with Gasteiger partial charge in [0.25, 0.3) is 0 Å². The third-order valence-electron chi connectivity index (χ3n) is 5.51. The maximum absolute atomic E-state index is 11.0. The summed E-state index contributed by atoms with van der Waals surface area (Å²) in [6, 6.07) is 15.6. The van der Waals surface area contributed by atoms with Crippen molar-refractivity contribution in [2.45, 2.75) is 26.3 Å². The molecule has 0 spiro atoms. The van der Waals surface area contributed by atoms with Gasteiger partial charge in [-0.3, -0.25) is 4.21 Å². The van der Waals surface area contributed by atoms with Crippen LogP contribution in [-0.4, -0.2) is 28.3 Å². The molecule has 0 aliphatic heterocycles. The van der Waals surface area contributed by atoms with E-state index in [9.17, 15) is 8.76 Å². The van der Waals surface area contributed by atoms with Gasteiger partial charge in [-0.25, -0.2) is 9.97 Å². The number of aromatic amines is 1. The summed E-state index contributed by atoms with van der Waals surface area (Å²) < 4.78 is 26.5. The molecular formula is C24H22N5O2S-. The monoisotopic (exact) mass is 444 g/mol. The number of anilines is 1. The molecule has 0 bridgehead atoms. The van der Waals surface area contributed by atoms with E-state index >= 15 is 0 Å². The zero-order chi connectivity index (χ0) is 22.5. The molecule has 0 radical (unpaired) electrons. The van der Waals surface area contributed by atoms with Crippen molar-refractivity contribution in [3.05, 3.63) is 67.3 Å². The highest BCUT2D eigenvalue weighted by Crippen LogP contribution is 2.34. The van der Waals surface area contributed by atoms with Gasteiger partial charge in [-0.05, 0) is 62.2 Å². The maximum atomic E-state index is 11.0. The van der Waals surface area contributed by atoms with Crippen LogP contribution in [-0.2, 0) is 16.8 Å². The Labute approximate surface area is 187 Å². The van der Waals surface area contributed by atoms with Gasteiger partial charge in [-0.15, -0.1) is 0 Å². The SMILES string of the molecule is CC(C)(C)n1cnc2ccc(-c3c[nH]c4ncc(-c5cccc(NS(=O)[O-])c5)cc34)cc21. The molecule has 7 nitrogen and oxygen atoms in total. The van der Waals surface area contributed by atoms with Crippen LogP contribution in [0.2, 0.25) is 0 Å². The van der Waals surface area contributed by atoms with E-state index in [0.29, 0.717) is 5.69 Å². The molecule has 3 heterocycles. The van der Waals surface area contributed by atoms with E-state index in [4.69, 9.17) is 0 Å². The number of H-pyrrole nitrogens is 1. The van der Waals surface area contributed by atoms with Crippen molar-refractivity contribution in [2.24, 2.45) is 0 Å². The lowest BCUT2D eigenvalue weighted by Gasteiger charge is -2.21. The normalized spacial score (nSPS) is 13.0. The third kappa shape index (κ3) is 3.68. The minimum atomic E-state index is -2.37. The van der Waals surface area contributed by atoms with Gasteiger partial charge in [0, 0.05) is 51.4 Å². The van der Waals surface area contributed by atoms with E-state index in [-0.39, 0.29) is 5.54 Å². The van der Waals surface area contributed by atoms with Gasteiger partial charge in [0.1, 0.15) is 5.65 Å². The number of hydrogen-bond donors (Lipinski definition) is 2. The highest BCUT2D eigenvalue weighted by molar-refractivity contribution is 7.80. The fourth-order valence-electron chi connectivity index (χ4n) is 3.97. The Morgan fingerprint density at radius 3 is 2.66 bits per heavy atom. The fraction of sp³-hybridized carbons (Fsp3) is 0.167. The third-order valence-corrected chi connectivity index (χ3v) is 5.91. The molecule has 5 rings (SSSR count). The van der Waals surface area contributed by atoms with Crippen molar-refractivity contribution in [1.29, 1.82) is 0 Å². The van der Waals surface area contributed by atoms with Crippen LogP contribution in [0.3, 0.4) is 0 Å². The van der Waals surface area contributed by atoms with Crippen LogP contribution >= 0.6 is 0 Å². The number of benzene rings is 2. The highest BCUT2D eigenvalue weighted by atomic mass is 32.2. The number of nitrogens with one attached hydrogen (secondary N) is 2.